The second kappa shape index (κ2) is 12.7. The van der Waals surface area contributed by atoms with Gasteiger partial charge in [-0.3, -0.25) is 9.78 Å². The number of carbonyl (C=O) groups excluding carboxylic acids is 3. The highest BCUT2D eigenvalue weighted by Gasteiger charge is 2.30. The standard InChI is InChI=1S/C29H31ClN2O6/c1-5-37-28(36)25(33)23(17-19-10-6-9-13-22(19)30)32-26(34)24-16-18(14-15-31-24)20-11-7-8-12-21(20)27(35)38-29(2,3)4/h6-16,23,25,33H,5,17H2,1-4H3,(H,32,34)/t23?,25-/m1/s1. The molecule has 0 bridgehead atoms. The van der Waals surface area contributed by atoms with Gasteiger partial charge in [-0.2, -0.15) is 0 Å². The molecule has 0 fully saturated rings. The number of pyridine rings is 1. The minimum Gasteiger partial charge on any atom is -0.464 e. The number of nitrogens with one attached hydrogen (secondary N) is 1. The van der Waals surface area contributed by atoms with Crippen molar-refractivity contribution in [2.75, 3.05) is 6.61 Å². The van der Waals surface area contributed by atoms with Crippen LogP contribution >= 0.6 is 11.6 Å². The first-order valence-corrected chi connectivity index (χ1v) is 12.6. The van der Waals surface area contributed by atoms with Gasteiger partial charge in [0, 0.05) is 11.2 Å². The lowest BCUT2D eigenvalue weighted by Gasteiger charge is -2.23. The maximum atomic E-state index is 13.2. The molecule has 1 amide bonds. The largest absolute Gasteiger partial charge is 0.464 e. The molecule has 9 heteroatoms. The Morgan fingerprint density at radius 3 is 2.42 bits per heavy atom. The van der Waals surface area contributed by atoms with Gasteiger partial charge in [-0.05, 0) is 75.1 Å². The number of esters is 2. The van der Waals surface area contributed by atoms with E-state index in [2.05, 4.69) is 10.3 Å². The molecule has 2 atom stereocenters. The molecule has 8 nitrogen and oxygen atoms in total. The number of aliphatic hydroxyl groups excluding tert-OH is 1. The maximum Gasteiger partial charge on any atom is 0.339 e. The smallest absolute Gasteiger partial charge is 0.339 e. The minimum atomic E-state index is -1.63. The summed E-state index contributed by atoms with van der Waals surface area (Å²) in [5, 5.41) is 13.8. The highest BCUT2D eigenvalue weighted by Crippen LogP contribution is 2.26. The molecule has 3 aromatic rings. The predicted molar refractivity (Wildman–Crippen MR) is 144 cm³/mol. The lowest BCUT2D eigenvalue weighted by molar-refractivity contribution is -0.154. The lowest BCUT2D eigenvalue weighted by Crippen LogP contribution is -2.49. The van der Waals surface area contributed by atoms with Gasteiger partial charge in [-0.25, -0.2) is 9.59 Å². The number of hydrogen-bond donors (Lipinski definition) is 2. The number of aliphatic hydroxyl groups is 1. The zero-order valence-corrected chi connectivity index (χ0v) is 22.5. The van der Waals surface area contributed by atoms with Crippen LogP contribution in [0, 0.1) is 0 Å². The molecule has 0 saturated heterocycles. The Labute approximate surface area is 227 Å². The Morgan fingerprint density at radius 2 is 1.74 bits per heavy atom. The fraction of sp³-hybridized carbons (Fsp3) is 0.310. The molecule has 0 radical (unpaired) electrons. The van der Waals surface area contributed by atoms with Crippen molar-refractivity contribution in [2.24, 2.45) is 0 Å². The number of ether oxygens (including phenoxy) is 2. The van der Waals surface area contributed by atoms with Crippen LogP contribution in [-0.2, 0) is 20.7 Å². The number of rotatable bonds is 9. The molecular weight excluding hydrogens is 508 g/mol. The molecule has 3 rings (SSSR count). The van der Waals surface area contributed by atoms with Crippen LogP contribution in [-0.4, -0.2) is 52.3 Å². The van der Waals surface area contributed by atoms with Crippen LogP contribution in [0.3, 0.4) is 0 Å². The average Bonchev–Trinajstić information content (AvgIpc) is 2.88. The number of halogens is 1. The molecule has 1 aromatic heterocycles. The van der Waals surface area contributed by atoms with Gasteiger partial charge >= 0.3 is 11.9 Å². The number of carbonyl (C=O) groups is 3. The molecule has 1 heterocycles. The van der Waals surface area contributed by atoms with E-state index in [9.17, 15) is 19.5 Å². The van der Waals surface area contributed by atoms with Gasteiger partial charge in [0.05, 0.1) is 18.2 Å². The maximum absolute atomic E-state index is 13.2. The summed E-state index contributed by atoms with van der Waals surface area (Å²) >= 11 is 6.28. The molecule has 0 aliphatic carbocycles. The number of amides is 1. The van der Waals surface area contributed by atoms with Crippen LogP contribution in [0.25, 0.3) is 11.1 Å². The number of aromatic nitrogens is 1. The first-order chi connectivity index (χ1) is 18.0. The van der Waals surface area contributed by atoms with Crippen molar-refractivity contribution in [2.45, 2.75) is 51.9 Å². The first-order valence-electron chi connectivity index (χ1n) is 12.2. The summed E-state index contributed by atoms with van der Waals surface area (Å²) < 4.78 is 10.5. The van der Waals surface area contributed by atoms with Gasteiger partial charge in [-0.15, -0.1) is 0 Å². The fourth-order valence-electron chi connectivity index (χ4n) is 3.74. The van der Waals surface area contributed by atoms with Crippen LogP contribution in [0.5, 0.6) is 0 Å². The van der Waals surface area contributed by atoms with Crippen LogP contribution < -0.4 is 5.32 Å². The Hall–Kier alpha value is -3.75. The van der Waals surface area contributed by atoms with E-state index in [-0.39, 0.29) is 18.7 Å². The molecule has 38 heavy (non-hydrogen) atoms. The van der Waals surface area contributed by atoms with Gasteiger partial charge in [0.25, 0.3) is 5.91 Å². The highest BCUT2D eigenvalue weighted by molar-refractivity contribution is 6.31. The van der Waals surface area contributed by atoms with E-state index in [1.165, 1.54) is 12.3 Å². The van der Waals surface area contributed by atoms with E-state index in [0.29, 0.717) is 27.3 Å². The zero-order chi connectivity index (χ0) is 27.9. The number of hydrogen-bond acceptors (Lipinski definition) is 7. The molecule has 0 saturated carbocycles. The van der Waals surface area contributed by atoms with Crippen LogP contribution in [0.1, 0.15) is 54.1 Å². The van der Waals surface area contributed by atoms with Crippen LogP contribution in [0.15, 0.2) is 66.9 Å². The van der Waals surface area contributed by atoms with Crippen molar-refractivity contribution in [3.8, 4) is 11.1 Å². The van der Waals surface area contributed by atoms with Crippen molar-refractivity contribution in [1.29, 1.82) is 0 Å². The Morgan fingerprint density at radius 1 is 1.05 bits per heavy atom. The normalized spacial score (nSPS) is 12.8. The van der Waals surface area contributed by atoms with E-state index in [0.717, 1.165) is 0 Å². The summed E-state index contributed by atoms with van der Waals surface area (Å²) in [5.74, 6) is -1.98. The topological polar surface area (TPSA) is 115 Å². The number of benzene rings is 2. The van der Waals surface area contributed by atoms with Gasteiger partial charge in [0.1, 0.15) is 11.3 Å². The fourth-order valence-corrected chi connectivity index (χ4v) is 3.96. The monoisotopic (exact) mass is 538 g/mol. The van der Waals surface area contributed by atoms with Crippen molar-refractivity contribution < 1.29 is 29.0 Å². The highest BCUT2D eigenvalue weighted by atomic mass is 35.5. The van der Waals surface area contributed by atoms with Crippen LogP contribution in [0.2, 0.25) is 5.02 Å². The molecule has 0 aliphatic heterocycles. The Kier molecular flexibility index (Phi) is 9.61. The van der Waals surface area contributed by atoms with E-state index in [1.807, 2.05) is 0 Å². The molecule has 0 spiro atoms. The Bertz CT molecular complexity index is 1300. The van der Waals surface area contributed by atoms with Crippen LogP contribution in [0.4, 0.5) is 0 Å². The van der Waals surface area contributed by atoms with E-state index < -0.39 is 35.6 Å². The molecular formula is C29H31ClN2O6. The summed E-state index contributed by atoms with van der Waals surface area (Å²) in [6, 6.07) is 16.0. The SMILES string of the molecule is CCOC(=O)[C@H](O)C(Cc1ccccc1Cl)NC(=O)c1cc(-c2ccccc2C(=O)OC(C)(C)C)ccn1. The van der Waals surface area contributed by atoms with E-state index >= 15 is 0 Å². The van der Waals surface area contributed by atoms with Gasteiger partial charge in [0.2, 0.25) is 0 Å². The van der Waals surface area contributed by atoms with Crippen molar-refractivity contribution >= 4 is 29.4 Å². The second-order valence-electron chi connectivity index (χ2n) is 9.55. The van der Waals surface area contributed by atoms with Gasteiger partial charge < -0.3 is 19.9 Å². The minimum absolute atomic E-state index is 0.0294. The molecule has 1 unspecified atom stereocenters. The second-order valence-corrected chi connectivity index (χ2v) is 9.96. The predicted octanol–water partition coefficient (Wildman–Crippen LogP) is 4.62. The van der Waals surface area contributed by atoms with Gasteiger partial charge in [-0.1, -0.05) is 48.0 Å². The average molecular weight is 539 g/mol. The molecule has 200 valence electrons. The number of nitrogens with zero attached hydrogens (tertiary/aromatic N) is 1. The Balaban J connectivity index is 1.90. The quantitative estimate of drug-likeness (QED) is 0.382. The van der Waals surface area contributed by atoms with Crippen molar-refractivity contribution in [3.05, 3.63) is 88.7 Å². The van der Waals surface area contributed by atoms with E-state index in [1.54, 1.807) is 82.3 Å². The third-order valence-corrected chi connectivity index (χ3v) is 5.84. The van der Waals surface area contributed by atoms with E-state index in [4.69, 9.17) is 21.1 Å². The molecule has 2 N–H and O–H groups in total. The third-order valence-electron chi connectivity index (χ3n) is 5.47. The van der Waals surface area contributed by atoms with Gasteiger partial charge in [0.15, 0.2) is 6.10 Å². The first kappa shape index (κ1) is 28.8. The summed E-state index contributed by atoms with van der Waals surface area (Å²) in [6.07, 6.45) is -0.112. The zero-order valence-electron chi connectivity index (χ0n) is 21.7. The lowest BCUT2D eigenvalue weighted by atomic mass is 9.99. The van der Waals surface area contributed by atoms with Crippen molar-refractivity contribution in [3.63, 3.8) is 0 Å². The molecule has 0 aliphatic rings. The molecule has 2 aromatic carbocycles. The summed E-state index contributed by atoms with van der Waals surface area (Å²) in [4.78, 5) is 42.5. The summed E-state index contributed by atoms with van der Waals surface area (Å²) in [5.41, 5.74) is 1.47. The third kappa shape index (κ3) is 7.63. The van der Waals surface area contributed by atoms with Crippen molar-refractivity contribution in [1.82, 2.24) is 10.3 Å². The summed E-state index contributed by atoms with van der Waals surface area (Å²) in [7, 11) is 0. The summed E-state index contributed by atoms with van der Waals surface area (Å²) in [6.45, 7) is 7.05.